The van der Waals surface area contributed by atoms with Gasteiger partial charge in [0.05, 0.1) is 5.56 Å². The molecule has 2 aliphatic heterocycles. The fourth-order valence-electron chi connectivity index (χ4n) is 3.20. The van der Waals surface area contributed by atoms with E-state index in [1.165, 1.54) is 42.1 Å². The van der Waals surface area contributed by atoms with E-state index < -0.39 is 0 Å². The first-order valence-electron chi connectivity index (χ1n) is 6.87. The Kier molecular flexibility index (Phi) is 2.34. The van der Waals surface area contributed by atoms with Crippen LogP contribution in [-0.2, 0) is 12.8 Å². The van der Waals surface area contributed by atoms with E-state index in [9.17, 15) is 0 Å². The summed E-state index contributed by atoms with van der Waals surface area (Å²) in [6.07, 6.45) is 6.28. The molecule has 1 aromatic heterocycles. The van der Waals surface area contributed by atoms with Gasteiger partial charge in [0.15, 0.2) is 0 Å². The van der Waals surface area contributed by atoms with Gasteiger partial charge >= 0.3 is 0 Å². The molecule has 4 heteroatoms. The zero-order chi connectivity index (χ0) is 12.1. The third-order valence-electron chi connectivity index (χ3n) is 4.09. The Morgan fingerprint density at radius 1 is 1.17 bits per heavy atom. The molecular weight excluding hydrogens is 242 g/mol. The molecule has 4 rings (SSSR count). The lowest BCUT2D eigenvalue weighted by atomic mass is 9.94. The molecule has 0 fully saturated rings. The van der Waals surface area contributed by atoms with Crippen molar-refractivity contribution >= 4 is 28.0 Å². The molecule has 0 spiro atoms. The summed E-state index contributed by atoms with van der Waals surface area (Å²) in [6.45, 7) is 4.17. The predicted molar refractivity (Wildman–Crippen MR) is 76.5 cm³/mol. The Morgan fingerprint density at radius 3 is 3.00 bits per heavy atom. The molecule has 0 atom stereocenters. The second-order valence-electron chi connectivity index (χ2n) is 5.26. The normalized spacial score (nSPS) is 21.7. The summed E-state index contributed by atoms with van der Waals surface area (Å²) in [5, 5.41) is 1.22. The Balaban J connectivity index is 1.94. The van der Waals surface area contributed by atoms with Crippen LogP contribution in [0.4, 0.5) is 5.00 Å². The van der Waals surface area contributed by atoms with Crippen molar-refractivity contribution in [3.63, 3.8) is 0 Å². The highest BCUT2D eigenvalue weighted by atomic mass is 32.1. The molecule has 0 saturated heterocycles. The number of hydrogen-bond donors (Lipinski definition) is 0. The first-order valence-corrected chi connectivity index (χ1v) is 7.68. The molecule has 0 bridgehead atoms. The number of aryl methyl sites for hydroxylation is 1. The number of fused-ring (bicyclic) bond motifs is 5. The van der Waals surface area contributed by atoms with E-state index in [1.807, 2.05) is 11.3 Å². The number of amidine groups is 2. The minimum absolute atomic E-state index is 0.975. The molecule has 0 saturated carbocycles. The topological polar surface area (TPSA) is 28.0 Å². The quantitative estimate of drug-likeness (QED) is 0.703. The molecule has 1 aliphatic carbocycles. The summed E-state index contributed by atoms with van der Waals surface area (Å²) in [7, 11) is 0. The SMILES string of the molecule is CC1=Nc2sc3c(c2C2=NCCCN12)CCCC3. The maximum atomic E-state index is 4.82. The van der Waals surface area contributed by atoms with E-state index >= 15 is 0 Å². The predicted octanol–water partition coefficient (Wildman–Crippen LogP) is 3.14. The smallest absolute Gasteiger partial charge is 0.139 e. The minimum Gasteiger partial charge on any atom is -0.314 e. The lowest BCUT2D eigenvalue weighted by Crippen LogP contribution is -2.41. The number of hydrogen-bond acceptors (Lipinski definition) is 4. The van der Waals surface area contributed by atoms with Gasteiger partial charge in [-0.1, -0.05) is 0 Å². The van der Waals surface area contributed by atoms with Crippen LogP contribution in [0.3, 0.4) is 0 Å². The second kappa shape index (κ2) is 3.92. The van der Waals surface area contributed by atoms with Crippen molar-refractivity contribution < 1.29 is 0 Å². The summed E-state index contributed by atoms with van der Waals surface area (Å²) in [4.78, 5) is 13.5. The molecule has 0 amide bonds. The lowest BCUT2D eigenvalue weighted by molar-refractivity contribution is 0.543. The first kappa shape index (κ1) is 10.7. The zero-order valence-corrected chi connectivity index (χ0v) is 11.5. The Hall–Kier alpha value is -1.16. The van der Waals surface area contributed by atoms with Gasteiger partial charge in [0.2, 0.25) is 0 Å². The van der Waals surface area contributed by atoms with Crippen LogP contribution < -0.4 is 0 Å². The largest absolute Gasteiger partial charge is 0.314 e. The summed E-state index contributed by atoms with van der Waals surface area (Å²) in [5.74, 6) is 2.34. The fraction of sp³-hybridized carbons (Fsp3) is 0.571. The highest BCUT2D eigenvalue weighted by molar-refractivity contribution is 7.16. The van der Waals surface area contributed by atoms with E-state index in [4.69, 9.17) is 9.98 Å². The van der Waals surface area contributed by atoms with Crippen LogP contribution in [0, 0.1) is 0 Å². The van der Waals surface area contributed by atoms with Crippen LogP contribution in [-0.4, -0.2) is 29.7 Å². The monoisotopic (exact) mass is 259 g/mol. The van der Waals surface area contributed by atoms with Crippen LogP contribution in [0.25, 0.3) is 0 Å². The fourth-order valence-corrected chi connectivity index (χ4v) is 4.50. The molecule has 0 unspecified atom stereocenters. The van der Waals surface area contributed by atoms with Crippen LogP contribution in [0.15, 0.2) is 9.98 Å². The van der Waals surface area contributed by atoms with Crippen LogP contribution in [0.5, 0.6) is 0 Å². The van der Waals surface area contributed by atoms with Crippen molar-refractivity contribution in [2.24, 2.45) is 9.98 Å². The molecule has 0 N–H and O–H groups in total. The summed E-state index contributed by atoms with van der Waals surface area (Å²) in [6, 6.07) is 0. The van der Waals surface area contributed by atoms with E-state index in [1.54, 1.807) is 10.4 Å². The molecule has 3 aliphatic rings. The van der Waals surface area contributed by atoms with Gasteiger partial charge in [-0.3, -0.25) is 4.99 Å². The average molecular weight is 259 g/mol. The maximum Gasteiger partial charge on any atom is 0.139 e. The highest BCUT2D eigenvalue weighted by Gasteiger charge is 2.32. The zero-order valence-electron chi connectivity index (χ0n) is 10.7. The van der Waals surface area contributed by atoms with Gasteiger partial charge in [-0.25, -0.2) is 4.99 Å². The van der Waals surface area contributed by atoms with E-state index in [0.717, 1.165) is 25.3 Å². The van der Waals surface area contributed by atoms with Gasteiger partial charge < -0.3 is 4.90 Å². The molecule has 0 radical (unpaired) electrons. The van der Waals surface area contributed by atoms with Crippen molar-refractivity contribution in [1.29, 1.82) is 0 Å². The van der Waals surface area contributed by atoms with Crippen molar-refractivity contribution in [1.82, 2.24) is 4.90 Å². The van der Waals surface area contributed by atoms with Gasteiger partial charge in [0.25, 0.3) is 0 Å². The second-order valence-corrected chi connectivity index (χ2v) is 6.34. The van der Waals surface area contributed by atoms with Crippen molar-refractivity contribution in [3.05, 3.63) is 16.0 Å². The number of rotatable bonds is 0. The molecule has 0 aromatic carbocycles. The van der Waals surface area contributed by atoms with Crippen molar-refractivity contribution in [3.8, 4) is 0 Å². The van der Waals surface area contributed by atoms with Gasteiger partial charge in [-0.05, 0) is 44.6 Å². The van der Waals surface area contributed by atoms with Crippen LogP contribution >= 0.6 is 11.3 Å². The number of aliphatic imine (C=N–C) groups is 2. The number of nitrogens with zero attached hydrogens (tertiary/aromatic N) is 3. The molecular formula is C14H17N3S. The van der Waals surface area contributed by atoms with E-state index in [2.05, 4.69) is 11.8 Å². The molecule has 18 heavy (non-hydrogen) atoms. The average Bonchev–Trinajstić information content (AvgIpc) is 2.77. The summed E-state index contributed by atoms with van der Waals surface area (Å²) >= 11 is 1.90. The highest BCUT2D eigenvalue weighted by Crippen LogP contribution is 2.43. The summed E-state index contributed by atoms with van der Waals surface area (Å²) in [5.41, 5.74) is 2.93. The van der Waals surface area contributed by atoms with Crippen LogP contribution in [0.2, 0.25) is 0 Å². The molecule has 94 valence electrons. The Bertz CT molecular complexity index is 568. The van der Waals surface area contributed by atoms with E-state index in [0.29, 0.717) is 0 Å². The molecule has 1 aromatic rings. The van der Waals surface area contributed by atoms with Crippen LogP contribution in [0.1, 0.15) is 42.2 Å². The minimum atomic E-state index is 0.975. The third-order valence-corrected chi connectivity index (χ3v) is 5.27. The molecule has 3 heterocycles. The van der Waals surface area contributed by atoms with Gasteiger partial charge in [0, 0.05) is 18.0 Å². The Morgan fingerprint density at radius 2 is 2.06 bits per heavy atom. The van der Waals surface area contributed by atoms with Crippen molar-refractivity contribution in [2.45, 2.75) is 39.0 Å². The van der Waals surface area contributed by atoms with Gasteiger partial charge in [-0.15, -0.1) is 11.3 Å². The lowest BCUT2D eigenvalue weighted by Gasteiger charge is -2.32. The maximum absolute atomic E-state index is 4.82. The van der Waals surface area contributed by atoms with E-state index in [-0.39, 0.29) is 0 Å². The van der Waals surface area contributed by atoms with Gasteiger partial charge in [0.1, 0.15) is 16.7 Å². The summed E-state index contributed by atoms with van der Waals surface area (Å²) < 4.78 is 0. The standard InChI is InChI=1S/C14H17N3S/c1-9-16-14-12(13-15-7-4-8-17(9)13)10-5-2-3-6-11(10)18-14/h2-8H2,1H3. The number of thiophene rings is 1. The molecule has 3 nitrogen and oxygen atoms in total. The third kappa shape index (κ3) is 1.41. The van der Waals surface area contributed by atoms with Crippen molar-refractivity contribution in [2.75, 3.05) is 13.1 Å². The Labute approximate surface area is 111 Å². The van der Waals surface area contributed by atoms with Gasteiger partial charge in [-0.2, -0.15) is 0 Å². The first-order chi connectivity index (χ1) is 8.84.